The molecule has 7 heteroatoms. The molecule has 1 saturated heterocycles. The number of benzene rings is 1. The molecule has 0 aliphatic carbocycles. The number of anilines is 1. The SMILES string of the molecule is COc1ccccc1OCC(=O)N1CCN(c2nccs2)CC1. The van der Waals surface area contributed by atoms with Gasteiger partial charge in [0.05, 0.1) is 7.11 Å². The Morgan fingerprint density at radius 1 is 1.22 bits per heavy atom. The third kappa shape index (κ3) is 3.73. The van der Waals surface area contributed by atoms with E-state index in [1.807, 2.05) is 28.5 Å². The minimum absolute atomic E-state index is 0.00491. The Balaban J connectivity index is 1.50. The normalized spacial score (nSPS) is 14.7. The lowest BCUT2D eigenvalue weighted by Gasteiger charge is -2.34. The molecular weight excluding hydrogens is 314 g/mol. The van der Waals surface area contributed by atoms with Crippen LogP contribution in [0.2, 0.25) is 0 Å². The standard InChI is InChI=1S/C16H19N3O3S/c1-21-13-4-2-3-5-14(13)22-12-15(20)18-7-9-19(10-8-18)16-17-6-11-23-16/h2-6,11H,7-10,12H2,1H3. The van der Waals surface area contributed by atoms with Crippen LogP contribution < -0.4 is 14.4 Å². The summed E-state index contributed by atoms with van der Waals surface area (Å²) in [7, 11) is 1.59. The highest BCUT2D eigenvalue weighted by molar-refractivity contribution is 7.13. The van der Waals surface area contributed by atoms with Crippen molar-refractivity contribution in [3.8, 4) is 11.5 Å². The van der Waals surface area contributed by atoms with Crippen LogP contribution in [0.5, 0.6) is 11.5 Å². The van der Waals surface area contributed by atoms with E-state index in [0.717, 1.165) is 18.2 Å². The summed E-state index contributed by atoms with van der Waals surface area (Å²) in [4.78, 5) is 20.6. The first kappa shape index (κ1) is 15.6. The van der Waals surface area contributed by atoms with Gasteiger partial charge in [0, 0.05) is 37.8 Å². The molecule has 1 fully saturated rings. The summed E-state index contributed by atoms with van der Waals surface area (Å²) in [6.45, 7) is 3.00. The summed E-state index contributed by atoms with van der Waals surface area (Å²) in [6.07, 6.45) is 1.80. The highest BCUT2D eigenvalue weighted by Crippen LogP contribution is 2.25. The van der Waals surface area contributed by atoms with E-state index >= 15 is 0 Å². The average Bonchev–Trinajstić information content (AvgIpc) is 3.14. The van der Waals surface area contributed by atoms with Crippen LogP contribution in [0.15, 0.2) is 35.8 Å². The molecular formula is C16H19N3O3S. The molecule has 1 aliphatic heterocycles. The number of rotatable bonds is 5. The molecule has 2 aromatic rings. The molecule has 0 unspecified atom stereocenters. The third-order valence-corrected chi connectivity index (χ3v) is 4.57. The number of aromatic nitrogens is 1. The number of methoxy groups -OCH3 is 1. The Kier molecular flexibility index (Phi) is 4.97. The number of thiazole rings is 1. The fourth-order valence-corrected chi connectivity index (χ4v) is 3.18. The van der Waals surface area contributed by atoms with Crippen molar-refractivity contribution >= 4 is 22.4 Å². The van der Waals surface area contributed by atoms with Gasteiger partial charge in [0.25, 0.3) is 5.91 Å². The number of ether oxygens (including phenoxy) is 2. The van der Waals surface area contributed by atoms with Crippen LogP contribution in [0.4, 0.5) is 5.13 Å². The summed E-state index contributed by atoms with van der Waals surface area (Å²) < 4.78 is 10.8. The Labute approximate surface area is 139 Å². The molecule has 23 heavy (non-hydrogen) atoms. The zero-order chi connectivity index (χ0) is 16.1. The maximum atomic E-state index is 12.3. The lowest BCUT2D eigenvalue weighted by atomic mass is 10.3. The molecule has 122 valence electrons. The summed E-state index contributed by atoms with van der Waals surface area (Å²) in [5, 5.41) is 2.98. The second-order valence-corrected chi connectivity index (χ2v) is 6.00. The van der Waals surface area contributed by atoms with Gasteiger partial charge in [-0.3, -0.25) is 4.79 Å². The number of amides is 1. The van der Waals surface area contributed by atoms with Crippen molar-refractivity contribution in [3.63, 3.8) is 0 Å². The predicted octanol–water partition coefficient (Wildman–Crippen LogP) is 1.88. The van der Waals surface area contributed by atoms with Gasteiger partial charge in [-0.15, -0.1) is 11.3 Å². The van der Waals surface area contributed by atoms with Crippen LogP contribution in [0.25, 0.3) is 0 Å². The predicted molar refractivity (Wildman–Crippen MR) is 89.4 cm³/mol. The van der Waals surface area contributed by atoms with Crippen LogP contribution in [0, 0.1) is 0 Å². The molecule has 0 saturated carbocycles. The summed E-state index contributed by atoms with van der Waals surface area (Å²) in [6, 6.07) is 7.33. The quantitative estimate of drug-likeness (QED) is 0.836. The minimum Gasteiger partial charge on any atom is -0.493 e. The largest absolute Gasteiger partial charge is 0.493 e. The van der Waals surface area contributed by atoms with Gasteiger partial charge < -0.3 is 19.3 Å². The van der Waals surface area contributed by atoms with Crippen LogP contribution >= 0.6 is 11.3 Å². The maximum Gasteiger partial charge on any atom is 0.260 e. The van der Waals surface area contributed by atoms with Crippen LogP contribution in [-0.2, 0) is 4.79 Å². The molecule has 3 rings (SSSR count). The summed E-state index contributed by atoms with van der Waals surface area (Å²) in [5.41, 5.74) is 0. The van der Waals surface area contributed by atoms with Crippen molar-refractivity contribution in [2.24, 2.45) is 0 Å². The topological polar surface area (TPSA) is 54.9 Å². The van der Waals surface area contributed by atoms with Gasteiger partial charge in [-0.1, -0.05) is 12.1 Å². The van der Waals surface area contributed by atoms with Gasteiger partial charge in [-0.05, 0) is 12.1 Å². The van der Waals surface area contributed by atoms with E-state index in [1.54, 1.807) is 30.7 Å². The lowest BCUT2D eigenvalue weighted by Crippen LogP contribution is -2.50. The Bertz CT molecular complexity index is 640. The number of hydrogen-bond donors (Lipinski definition) is 0. The number of nitrogens with zero attached hydrogens (tertiary/aromatic N) is 3. The zero-order valence-electron chi connectivity index (χ0n) is 13.0. The van der Waals surface area contributed by atoms with Crippen LogP contribution in [0.3, 0.4) is 0 Å². The molecule has 1 amide bonds. The highest BCUT2D eigenvalue weighted by atomic mass is 32.1. The van der Waals surface area contributed by atoms with Crippen molar-refractivity contribution in [2.75, 3.05) is 44.8 Å². The lowest BCUT2D eigenvalue weighted by molar-refractivity contribution is -0.133. The number of carbonyl (C=O) groups excluding carboxylic acids is 1. The number of carbonyl (C=O) groups is 1. The van der Waals surface area contributed by atoms with E-state index in [1.165, 1.54) is 0 Å². The smallest absolute Gasteiger partial charge is 0.260 e. The molecule has 0 bridgehead atoms. The Morgan fingerprint density at radius 3 is 2.61 bits per heavy atom. The maximum absolute atomic E-state index is 12.3. The van der Waals surface area contributed by atoms with Crippen molar-refractivity contribution in [2.45, 2.75) is 0 Å². The van der Waals surface area contributed by atoms with Gasteiger partial charge in [-0.25, -0.2) is 4.98 Å². The first-order valence-corrected chi connectivity index (χ1v) is 8.34. The highest BCUT2D eigenvalue weighted by Gasteiger charge is 2.22. The molecule has 2 heterocycles. The van der Waals surface area contributed by atoms with Crippen molar-refractivity contribution in [1.29, 1.82) is 0 Å². The second kappa shape index (κ2) is 7.32. The molecule has 1 aliphatic rings. The first-order chi connectivity index (χ1) is 11.3. The number of para-hydroxylation sites is 2. The van der Waals surface area contributed by atoms with Gasteiger partial charge >= 0.3 is 0 Å². The molecule has 0 radical (unpaired) electrons. The summed E-state index contributed by atoms with van der Waals surface area (Å²) >= 11 is 1.62. The van der Waals surface area contributed by atoms with Gasteiger partial charge in [0.2, 0.25) is 0 Å². The zero-order valence-corrected chi connectivity index (χ0v) is 13.8. The van der Waals surface area contributed by atoms with Gasteiger partial charge in [0.15, 0.2) is 23.2 Å². The number of hydrogen-bond acceptors (Lipinski definition) is 6. The molecule has 6 nitrogen and oxygen atoms in total. The van der Waals surface area contributed by atoms with E-state index in [0.29, 0.717) is 24.6 Å². The van der Waals surface area contributed by atoms with Crippen molar-refractivity contribution < 1.29 is 14.3 Å². The number of piperazine rings is 1. The fraction of sp³-hybridized carbons (Fsp3) is 0.375. The Morgan fingerprint density at radius 2 is 1.96 bits per heavy atom. The second-order valence-electron chi connectivity index (χ2n) is 5.12. The first-order valence-electron chi connectivity index (χ1n) is 7.46. The van der Waals surface area contributed by atoms with Gasteiger partial charge in [-0.2, -0.15) is 0 Å². The van der Waals surface area contributed by atoms with E-state index in [-0.39, 0.29) is 12.5 Å². The van der Waals surface area contributed by atoms with Gasteiger partial charge in [0.1, 0.15) is 0 Å². The average molecular weight is 333 g/mol. The molecule has 0 N–H and O–H groups in total. The molecule has 0 spiro atoms. The van der Waals surface area contributed by atoms with E-state index in [4.69, 9.17) is 9.47 Å². The molecule has 0 atom stereocenters. The summed E-state index contributed by atoms with van der Waals surface area (Å²) in [5.74, 6) is 1.22. The van der Waals surface area contributed by atoms with Crippen LogP contribution in [-0.4, -0.2) is 55.7 Å². The monoisotopic (exact) mass is 333 g/mol. The molecule has 1 aromatic carbocycles. The molecule has 1 aromatic heterocycles. The van der Waals surface area contributed by atoms with Crippen molar-refractivity contribution in [1.82, 2.24) is 9.88 Å². The van der Waals surface area contributed by atoms with E-state index in [9.17, 15) is 4.79 Å². The minimum atomic E-state index is -0.00491. The van der Waals surface area contributed by atoms with E-state index in [2.05, 4.69) is 9.88 Å². The van der Waals surface area contributed by atoms with E-state index < -0.39 is 0 Å². The van der Waals surface area contributed by atoms with Crippen molar-refractivity contribution in [3.05, 3.63) is 35.8 Å². The Hall–Kier alpha value is -2.28. The van der Waals surface area contributed by atoms with Crippen LogP contribution in [0.1, 0.15) is 0 Å². The third-order valence-electron chi connectivity index (χ3n) is 3.74. The fourth-order valence-electron chi connectivity index (χ4n) is 2.49.